The first-order chi connectivity index (χ1) is 13.8. The Balaban J connectivity index is 1.89. The first-order valence-electron chi connectivity index (χ1n) is 9.15. The molecule has 6 nitrogen and oxygen atoms in total. The number of nitrogens with one attached hydrogen (secondary N) is 1. The van der Waals surface area contributed by atoms with Crippen LogP contribution in [0, 0.1) is 0 Å². The van der Waals surface area contributed by atoms with E-state index in [-0.39, 0.29) is 5.92 Å². The van der Waals surface area contributed by atoms with Crippen LogP contribution in [0.25, 0.3) is 22.6 Å². The normalized spacial score (nSPS) is 15.5. The van der Waals surface area contributed by atoms with E-state index in [4.69, 9.17) is 15.1 Å². The highest BCUT2D eigenvalue weighted by Crippen LogP contribution is 2.47. The summed E-state index contributed by atoms with van der Waals surface area (Å²) in [6.45, 7) is 0. The molecule has 0 radical (unpaired) electrons. The average Bonchev–Trinajstić information content (AvgIpc) is 3.41. The Kier molecular flexibility index (Phi) is 3.83. The Morgan fingerprint density at radius 1 is 1.21 bits per heavy atom. The van der Waals surface area contributed by atoms with Gasteiger partial charge in [-0.1, -0.05) is 30.3 Å². The molecule has 4 aromatic rings. The molecule has 1 unspecified atom stereocenters. The number of nitrogens with zero attached hydrogens (tertiary/aromatic N) is 3. The fourth-order valence-corrected chi connectivity index (χ4v) is 4.07. The Labute approximate surface area is 162 Å². The van der Waals surface area contributed by atoms with Crippen LogP contribution in [0.1, 0.15) is 28.3 Å². The minimum absolute atomic E-state index is 0.0985. The van der Waals surface area contributed by atoms with Crippen LogP contribution in [-0.2, 0) is 6.42 Å². The van der Waals surface area contributed by atoms with Gasteiger partial charge in [-0.25, -0.2) is 4.98 Å². The number of H-pyrrole nitrogens is 1. The SMILES string of the molecule is CN=Cc1c(N)nc2c(c1-c1ccco1)C(c1ccccc1)Cc1[nH]ncc1-2. The maximum Gasteiger partial charge on any atom is 0.135 e. The smallest absolute Gasteiger partial charge is 0.135 e. The molecular weight excluding hydrogens is 350 g/mol. The van der Waals surface area contributed by atoms with Gasteiger partial charge in [-0.05, 0) is 23.3 Å². The molecule has 3 N–H and O–H groups in total. The molecule has 1 aliphatic carbocycles. The molecule has 3 heterocycles. The highest BCUT2D eigenvalue weighted by Gasteiger charge is 2.34. The van der Waals surface area contributed by atoms with Crippen LogP contribution < -0.4 is 5.73 Å². The van der Waals surface area contributed by atoms with Crippen molar-refractivity contribution in [2.24, 2.45) is 4.99 Å². The molecule has 28 heavy (non-hydrogen) atoms. The number of pyridine rings is 1. The van der Waals surface area contributed by atoms with Crippen molar-refractivity contribution in [1.82, 2.24) is 15.2 Å². The van der Waals surface area contributed by atoms with Crippen LogP contribution in [0.4, 0.5) is 5.82 Å². The monoisotopic (exact) mass is 369 g/mol. The van der Waals surface area contributed by atoms with Crippen LogP contribution in [0.3, 0.4) is 0 Å². The van der Waals surface area contributed by atoms with Crippen LogP contribution in [-0.4, -0.2) is 28.4 Å². The Morgan fingerprint density at radius 2 is 2.07 bits per heavy atom. The second kappa shape index (κ2) is 6.49. The summed E-state index contributed by atoms with van der Waals surface area (Å²) in [6, 6.07) is 14.3. The molecule has 1 atom stereocenters. The van der Waals surface area contributed by atoms with E-state index in [1.54, 1.807) is 19.5 Å². The predicted molar refractivity (Wildman–Crippen MR) is 109 cm³/mol. The molecule has 138 valence electrons. The van der Waals surface area contributed by atoms with Gasteiger partial charge in [0.05, 0.1) is 18.2 Å². The third-order valence-corrected chi connectivity index (χ3v) is 5.26. The van der Waals surface area contributed by atoms with Gasteiger partial charge in [-0.2, -0.15) is 5.10 Å². The summed E-state index contributed by atoms with van der Waals surface area (Å²) < 4.78 is 5.81. The van der Waals surface area contributed by atoms with Gasteiger partial charge in [-0.3, -0.25) is 10.1 Å². The molecule has 0 fully saturated rings. The number of furan rings is 1. The summed E-state index contributed by atoms with van der Waals surface area (Å²) in [7, 11) is 1.73. The van der Waals surface area contributed by atoms with Crippen LogP contribution >= 0.6 is 0 Å². The number of aromatic amines is 1. The Hall–Kier alpha value is -3.67. The molecule has 0 bridgehead atoms. The largest absolute Gasteiger partial charge is 0.464 e. The van der Waals surface area contributed by atoms with Crippen LogP contribution in [0.15, 0.2) is 64.3 Å². The number of hydrogen-bond donors (Lipinski definition) is 2. The minimum atomic E-state index is 0.0985. The van der Waals surface area contributed by atoms with Gasteiger partial charge in [0, 0.05) is 48.0 Å². The molecule has 0 amide bonds. The summed E-state index contributed by atoms with van der Waals surface area (Å²) in [4.78, 5) is 8.99. The van der Waals surface area contributed by atoms with Gasteiger partial charge in [0.2, 0.25) is 0 Å². The van der Waals surface area contributed by atoms with E-state index in [2.05, 4.69) is 39.5 Å². The zero-order chi connectivity index (χ0) is 19.1. The number of rotatable bonds is 3. The zero-order valence-corrected chi connectivity index (χ0v) is 15.4. The van der Waals surface area contributed by atoms with Crippen molar-refractivity contribution < 1.29 is 4.42 Å². The fourth-order valence-electron chi connectivity index (χ4n) is 4.07. The Morgan fingerprint density at radius 3 is 2.82 bits per heavy atom. The quantitative estimate of drug-likeness (QED) is 0.533. The molecule has 1 aromatic carbocycles. The van der Waals surface area contributed by atoms with Crippen molar-refractivity contribution in [3.05, 3.63) is 77.3 Å². The second-order valence-electron chi connectivity index (χ2n) is 6.84. The lowest BCUT2D eigenvalue weighted by molar-refractivity contribution is 0.580. The number of aliphatic imine (C=N–C) groups is 1. The first kappa shape index (κ1) is 16.5. The number of hydrogen-bond acceptors (Lipinski definition) is 5. The molecule has 3 aromatic heterocycles. The fraction of sp³-hybridized carbons (Fsp3) is 0.136. The summed E-state index contributed by atoms with van der Waals surface area (Å²) in [5, 5.41) is 7.39. The van der Waals surface area contributed by atoms with Gasteiger partial charge in [0.25, 0.3) is 0 Å². The van der Waals surface area contributed by atoms with Crippen molar-refractivity contribution in [3.63, 3.8) is 0 Å². The van der Waals surface area contributed by atoms with Gasteiger partial charge in [0.15, 0.2) is 0 Å². The van der Waals surface area contributed by atoms with Crippen molar-refractivity contribution >= 4 is 12.0 Å². The topological polar surface area (TPSA) is 93.1 Å². The number of aromatic nitrogens is 3. The van der Waals surface area contributed by atoms with Crippen molar-refractivity contribution in [2.45, 2.75) is 12.3 Å². The lowest BCUT2D eigenvalue weighted by atomic mass is 9.77. The minimum Gasteiger partial charge on any atom is -0.464 e. The van der Waals surface area contributed by atoms with Gasteiger partial charge in [-0.15, -0.1) is 0 Å². The molecule has 0 aliphatic heterocycles. The van der Waals surface area contributed by atoms with E-state index in [9.17, 15) is 0 Å². The molecule has 6 heteroatoms. The third-order valence-electron chi connectivity index (χ3n) is 5.26. The van der Waals surface area contributed by atoms with Gasteiger partial charge < -0.3 is 10.2 Å². The van der Waals surface area contributed by atoms with E-state index in [1.165, 1.54) is 5.56 Å². The van der Waals surface area contributed by atoms with Crippen molar-refractivity contribution in [1.29, 1.82) is 0 Å². The highest BCUT2D eigenvalue weighted by molar-refractivity contribution is 5.98. The summed E-state index contributed by atoms with van der Waals surface area (Å²) in [5.74, 6) is 1.28. The second-order valence-corrected chi connectivity index (χ2v) is 6.84. The van der Waals surface area contributed by atoms with Gasteiger partial charge >= 0.3 is 0 Å². The van der Waals surface area contributed by atoms with Crippen LogP contribution in [0.2, 0.25) is 0 Å². The zero-order valence-electron chi connectivity index (χ0n) is 15.4. The predicted octanol–water partition coefficient (Wildman–Crippen LogP) is 4.05. The number of nitrogens with two attached hydrogens (primary N) is 1. The molecule has 0 saturated carbocycles. The van der Waals surface area contributed by atoms with E-state index >= 15 is 0 Å². The molecule has 5 rings (SSSR count). The number of nitrogen functional groups attached to an aromatic ring is 1. The molecule has 0 spiro atoms. The lowest BCUT2D eigenvalue weighted by Crippen LogP contribution is -2.17. The Bertz CT molecular complexity index is 1160. The van der Waals surface area contributed by atoms with Crippen molar-refractivity contribution in [3.8, 4) is 22.6 Å². The van der Waals surface area contributed by atoms with Crippen molar-refractivity contribution in [2.75, 3.05) is 12.8 Å². The van der Waals surface area contributed by atoms with Gasteiger partial charge in [0.1, 0.15) is 11.6 Å². The number of benzene rings is 1. The molecular formula is C22H19N5O. The number of anilines is 1. The van der Waals surface area contributed by atoms with E-state index in [1.807, 2.05) is 24.4 Å². The summed E-state index contributed by atoms with van der Waals surface area (Å²) in [6.07, 6.45) is 6.05. The highest BCUT2D eigenvalue weighted by atomic mass is 16.3. The maximum absolute atomic E-state index is 6.37. The maximum atomic E-state index is 6.37. The first-order valence-corrected chi connectivity index (χ1v) is 9.15. The summed E-state index contributed by atoms with van der Waals surface area (Å²) >= 11 is 0. The summed E-state index contributed by atoms with van der Waals surface area (Å²) in [5.41, 5.74) is 13.3. The van der Waals surface area contributed by atoms with E-state index in [0.29, 0.717) is 5.82 Å². The standard InChI is InChI=1S/C22H19N5O/c1-24-11-16-19(18-8-5-9-28-18)20-14(13-6-3-2-4-7-13)10-17-15(12-25-27-17)21(20)26-22(16)23/h2-9,11-12,14H,10H2,1H3,(H2,23,26)(H,25,27). The molecule has 0 saturated heterocycles. The molecule has 1 aliphatic rings. The lowest BCUT2D eigenvalue weighted by Gasteiger charge is -2.28. The third kappa shape index (κ3) is 2.45. The number of fused-ring (bicyclic) bond motifs is 3. The van der Waals surface area contributed by atoms with Crippen LogP contribution in [0.5, 0.6) is 0 Å². The van der Waals surface area contributed by atoms with E-state index < -0.39 is 0 Å². The van der Waals surface area contributed by atoms with E-state index in [0.717, 1.165) is 45.8 Å². The average molecular weight is 369 g/mol.